The van der Waals surface area contributed by atoms with Crippen LogP contribution in [0.4, 0.5) is 0 Å². The van der Waals surface area contributed by atoms with E-state index in [1.54, 1.807) is 31.2 Å². The molecule has 2 rings (SSSR count). The van der Waals surface area contributed by atoms with E-state index < -0.39 is 10.0 Å². The van der Waals surface area contributed by atoms with E-state index in [9.17, 15) is 8.42 Å². The maximum absolute atomic E-state index is 11.8. The van der Waals surface area contributed by atoms with E-state index in [0.717, 1.165) is 30.2 Å². The lowest BCUT2D eigenvalue weighted by Gasteiger charge is -2.27. The maximum atomic E-state index is 11.8. The molecule has 22 heavy (non-hydrogen) atoms. The zero-order chi connectivity index (χ0) is 16.0. The molecule has 0 spiro atoms. The molecule has 0 aliphatic carbocycles. The summed E-state index contributed by atoms with van der Waals surface area (Å²) >= 11 is 1.92. The van der Waals surface area contributed by atoms with Crippen LogP contribution in [0.5, 0.6) is 0 Å². The van der Waals surface area contributed by atoms with Gasteiger partial charge in [0.05, 0.1) is 11.4 Å². The van der Waals surface area contributed by atoms with Gasteiger partial charge in [-0.15, -0.1) is 0 Å². The fourth-order valence-corrected chi connectivity index (χ4v) is 4.06. The molecule has 0 radical (unpaired) electrons. The quantitative estimate of drug-likeness (QED) is 0.612. The van der Waals surface area contributed by atoms with Crippen molar-refractivity contribution in [3.63, 3.8) is 0 Å². The van der Waals surface area contributed by atoms with Crippen molar-refractivity contribution in [3.8, 4) is 0 Å². The fourth-order valence-electron chi connectivity index (χ4n) is 2.11. The topological polar surface area (TPSA) is 87.8 Å². The predicted molar refractivity (Wildman–Crippen MR) is 91.5 cm³/mol. The molecule has 0 atom stereocenters. The molecule has 0 amide bonds. The Morgan fingerprint density at radius 3 is 2.55 bits per heavy atom. The number of sulfonamides is 1. The number of nitrogens with zero attached hydrogens (tertiary/aromatic N) is 2. The Kier molecular flexibility index (Phi) is 6.10. The van der Waals surface area contributed by atoms with Gasteiger partial charge in [-0.2, -0.15) is 11.8 Å². The number of thioether (sulfide) groups is 1. The molecule has 3 N–H and O–H groups in total. The number of rotatable bonds is 5. The van der Waals surface area contributed by atoms with Crippen LogP contribution in [-0.2, 0) is 16.6 Å². The molecular formula is C14H22N4O2S2. The fraction of sp³-hybridized carbons (Fsp3) is 0.500. The van der Waals surface area contributed by atoms with E-state index in [4.69, 9.17) is 5.73 Å². The second-order valence-electron chi connectivity index (χ2n) is 4.92. The highest BCUT2D eigenvalue weighted by Gasteiger charge is 2.13. The summed E-state index contributed by atoms with van der Waals surface area (Å²) in [6.07, 6.45) is 0. The molecular weight excluding hydrogens is 320 g/mol. The maximum Gasteiger partial charge on any atom is 0.240 e. The third-order valence-electron chi connectivity index (χ3n) is 3.33. The van der Waals surface area contributed by atoms with Crippen LogP contribution >= 0.6 is 11.8 Å². The summed E-state index contributed by atoms with van der Waals surface area (Å²) in [5, 5.41) is 0. The van der Waals surface area contributed by atoms with E-state index in [-0.39, 0.29) is 4.90 Å². The largest absolute Gasteiger partial charge is 0.370 e. The Morgan fingerprint density at radius 1 is 1.32 bits per heavy atom. The minimum absolute atomic E-state index is 0.267. The van der Waals surface area contributed by atoms with Crippen LogP contribution in [0.2, 0.25) is 0 Å². The van der Waals surface area contributed by atoms with E-state index in [0.29, 0.717) is 19.0 Å². The Morgan fingerprint density at radius 2 is 1.95 bits per heavy atom. The van der Waals surface area contributed by atoms with E-state index in [1.807, 2.05) is 11.8 Å². The highest BCUT2D eigenvalue weighted by molar-refractivity contribution is 7.99. The van der Waals surface area contributed by atoms with Gasteiger partial charge in [0.15, 0.2) is 5.96 Å². The Bertz CT molecular complexity index is 608. The first kappa shape index (κ1) is 17.1. The zero-order valence-corrected chi connectivity index (χ0v) is 14.3. The third kappa shape index (κ3) is 4.62. The van der Waals surface area contributed by atoms with Gasteiger partial charge in [0.1, 0.15) is 0 Å². The molecule has 1 fully saturated rings. The summed E-state index contributed by atoms with van der Waals surface area (Å²) < 4.78 is 26.2. The van der Waals surface area contributed by atoms with Gasteiger partial charge >= 0.3 is 0 Å². The average molecular weight is 342 g/mol. The van der Waals surface area contributed by atoms with Crippen LogP contribution in [0.15, 0.2) is 34.2 Å². The monoisotopic (exact) mass is 342 g/mol. The summed E-state index contributed by atoms with van der Waals surface area (Å²) in [5.74, 6) is 2.71. The Hall–Kier alpha value is -1.25. The Labute approximate surface area is 136 Å². The van der Waals surface area contributed by atoms with E-state index in [1.165, 1.54) is 0 Å². The summed E-state index contributed by atoms with van der Waals surface area (Å²) in [4.78, 5) is 6.74. The SMILES string of the molecule is CCNS(=O)(=O)c1ccc(CN=C(N)N2CCSCC2)cc1. The average Bonchev–Trinajstić information content (AvgIpc) is 2.54. The predicted octanol–water partition coefficient (Wildman–Crippen LogP) is 0.848. The van der Waals surface area contributed by atoms with Crippen molar-refractivity contribution in [2.24, 2.45) is 10.7 Å². The molecule has 8 heteroatoms. The molecule has 1 aliphatic rings. The standard InChI is InChI=1S/C14H22N4O2S2/c1-2-17-22(19,20)13-5-3-12(4-6-13)11-16-14(15)18-7-9-21-10-8-18/h3-6,17H,2,7-11H2,1H3,(H2,15,16). The summed E-state index contributed by atoms with van der Waals surface area (Å²) in [5.41, 5.74) is 6.93. The van der Waals surface area contributed by atoms with Gasteiger partial charge in [0.25, 0.3) is 0 Å². The number of nitrogens with two attached hydrogens (primary N) is 1. The first-order valence-corrected chi connectivity index (χ1v) is 9.88. The van der Waals surface area contributed by atoms with Crippen molar-refractivity contribution in [1.82, 2.24) is 9.62 Å². The Balaban J connectivity index is 1.99. The van der Waals surface area contributed by atoms with Crippen LogP contribution in [0.3, 0.4) is 0 Å². The van der Waals surface area contributed by atoms with Crippen molar-refractivity contribution < 1.29 is 8.42 Å². The van der Waals surface area contributed by atoms with Crippen molar-refractivity contribution >= 4 is 27.7 Å². The summed E-state index contributed by atoms with van der Waals surface area (Å²) in [7, 11) is -3.40. The number of hydrogen-bond donors (Lipinski definition) is 2. The van der Waals surface area contributed by atoms with Crippen LogP contribution in [0.1, 0.15) is 12.5 Å². The third-order valence-corrected chi connectivity index (χ3v) is 5.83. The van der Waals surface area contributed by atoms with Gasteiger partial charge in [-0.05, 0) is 17.7 Å². The van der Waals surface area contributed by atoms with Crippen LogP contribution in [-0.4, -0.2) is 50.4 Å². The number of hydrogen-bond acceptors (Lipinski definition) is 4. The van der Waals surface area contributed by atoms with Gasteiger partial charge in [0, 0.05) is 31.1 Å². The van der Waals surface area contributed by atoms with Gasteiger partial charge in [-0.25, -0.2) is 18.1 Å². The first-order valence-electron chi connectivity index (χ1n) is 7.24. The van der Waals surface area contributed by atoms with E-state index >= 15 is 0 Å². The van der Waals surface area contributed by atoms with Crippen molar-refractivity contribution in [1.29, 1.82) is 0 Å². The van der Waals surface area contributed by atoms with Crippen molar-refractivity contribution in [3.05, 3.63) is 29.8 Å². The molecule has 0 bridgehead atoms. The van der Waals surface area contributed by atoms with Gasteiger partial charge in [0.2, 0.25) is 10.0 Å². The van der Waals surface area contributed by atoms with Gasteiger partial charge < -0.3 is 10.6 Å². The van der Waals surface area contributed by atoms with Crippen LogP contribution in [0.25, 0.3) is 0 Å². The van der Waals surface area contributed by atoms with Gasteiger partial charge in [-0.1, -0.05) is 19.1 Å². The highest BCUT2D eigenvalue weighted by atomic mass is 32.2. The van der Waals surface area contributed by atoms with Gasteiger partial charge in [-0.3, -0.25) is 0 Å². The normalized spacial score (nSPS) is 16.8. The molecule has 1 aromatic carbocycles. The molecule has 0 saturated carbocycles. The lowest BCUT2D eigenvalue weighted by atomic mass is 10.2. The second-order valence-corrected chi connectivity index (χ2v) is 7.91. The number of benzene rings is 1. The molecule has 1 saturated heterocycles. The minimum atomic E-state index is -3.40. The molecule has 6 nitrogen and oxygen atoms in total. The summed E-state index contributed by atoms with van der Waals surface area (Å²) in [6.45, 7) is 4.44. The number of aliphatic imine (C=N–C) groups is 1. The van der Waals surface area contributed by atoms with Crippen LogP contribution in [0, 0.1) is 0 Å². The lowest BCUT2D eigenvalue weighted by Crippen LogP contribution is -2.42. The minimum Gasteiger partial charge on any atom is -0.370 e. The van der Waals surface area contributed by atoms with E-state index in [2.05, 4.69) is 14.6 Å². The lowest BCUT2D eigenvalue weighted by molar-refractivity contribution is 0.455. The highest BCUT2D eigenvalue weighted by Crippen LogP contribution is 2.12. The zero-order valence-electron chi connectivity index (χ0n) is 12.7. The smallest absolute Gasteiger partial charge is 0.240 e. The molecule has 1 aliphatic heterocycles. The second kappa shape index (κ2) is 7.85. The molecule has 0 unspecified atom stereocenters. The molecule has 122 valence electrons. The van der Waals surface area contributed by atoms with Crippen LogP contribution < -0.4 is 10.5 Å². The molecule has 0 aromatic heterocycles. The number of guanidine groups is 1. The first-order chi connectivity index (χ1) is 10.5. The molecule has 1 aromatic rings. The number of nitrogens with one attached hydrogen (secondary N) is 1. The van der Waals surface area contributed by atoms with Crippen molar-refractivity contribution in [2.45, 2.75) is 18.4 Å². The summed E-state index contributed by atoms with van der Waals surface area (Å²) in [6, 6.07) is 6.73. The molecule has 1 heterocycles. The van der Waals surface area contributed by atoms with Crippen molar-refractivity contribution in [2.75, 3.05) is 31.1 Å².